The van der Waals surface area contributed by atoms with Crippen molar-refractivity contribution in [3.8, 4) is 0 Å². The highest BCUT2D eigenvalue weighted by Crippen LogP contribution is 1.95. The Bertz CT molecular complexity index is 182. The van der Waals surface area contributed by atoms with E-state index in [1.807, 2.05) is 6.92 Å². The van der Waals surface area contributed by atoms with Crippen LogP contribution < -0.4 is 5.73 Å². The van der Waals surface area contributed by atoms with Gasteiger partial charge in [-0.05, 0) is 6.42 Å². The lowest BCUT2D eigenvalue weighted by Gasteiger charge is -2.19. The van der Waals surface area contributed by atoms with Crippen molar-refractivity contribution in [3.05, 3.63) is 0 Å². The number of carbonyl (C=O) groups excluding carboxylic acids is 1. The van der Waals surface area contributed by atoms with Crippen LogP contribution in [0.1, 0.15) is 19.8 Å². The van der Waals surface area contributed by atoms with Crippen molar-refractivity contribution in [1.29, 1.82) is 0 Å². The predicted molar refractivity (Wildman–Crippen MR) is 48.2 cm³/mol. The molecule has 0 saturated heterocycles. The Morgan fingerprint density at radius 2 is 2.08 bits per heavy atom. The lowest BCUT2D eigenvalue weighted by molar-refractivity contribution is -0.144. The molecule has 0 saturated carbocycles. The Morgan fingerprint density at radius 1 is 1.46 bits per heavy atom. The summed E-state index contributed by atoms with van der Waals surface area (Å²) in [6.45, 7) is 2.40. The molecule has 0 fully saturated rings. The van der Waals surface area contributed by atoms with Crippen molar-refractivity contribution in [2.45, 2.75) is 19.8 Å². The molecule has 0 aromatic rings. The Hall–Kier alpha value is -1.10. The number of nitrogens with zero attached hydrogens (tertiary/aromatic N) is 1. The zero-order valence-corrected chi connectivity index (χ0v) is 7.82. The zero-order chi connectivity index (χ0) is 10.3. The smallest absolute Gasteiger partial charge is 0.323 e. The normalized spacial score (nSPS) is 9.69. The molecule has 0 aliphatic carbocycles. The van der Waals surface area contributed by atoms with Crippen molar-refractivity contribution in [3.63, 3.8) is 0 Å². The molecular weight excluding hydrogens is 172 g/mol. The molecule has 13 heavy (non-hydrogen) atoms. The van der Waals surface area contributed by atoms with Crippen molar-refractivity contribution in [2.24, 2.45) is 5.73 Å². The van der Waals surface area contributed by atoms with E-state index in [1.165, 1.54) is 4.90 Å². The molecule has 5 heteroatoms. The Balaban J connectivity index is 4.06. The molecule has 0 unspecified atom stereocenters. The van der Waals surface area contributed by atoms with Gasteiger partial charge in [-0.15, -0.1) is 0 Å². The van der Waals surface area contributed by atoms with E-state index in [1.54, 1.807) is 0 Å². The summed E-state index contributed by atoms with van der Waals surface area (Å²) in [6, 6.07) is 0. The van der Waals surface area contributed by atoms with Gasteiger partial charge in [0.05, 0.1) is 0 Å². The van der Waals surface area contributed by atoms with E-state index in [0.717, 1.165) is 6.42 Å². The molecule has 1 amide bonds. The van der Waals surface area contributed by atoms with E-state index in [9.17, 15) is 9.59 Å². The molecule has 0 aliphatic rings. The van der Waals surface area contributed by atoms with Gasteiger partial charge in [0, 0.05) is 19.5 Å². The summed E-state index contributed by atoms with van der Waals surface area (Å²) < 4.78 is 0. The number of amides is 1. The van der Waals surface area contributed by atoms with Crippen LogP contribution in [0.2, 0.25) is 0 Å². The second-order valence-corrected chi connectivity index (χ2v) is 2.75. The van der Waals surface area contributed by atoms with Crippen molar-refractivity contribution in [2.75, 3.05) is 19.6 Å². The third kappa shape index (κ3) is 5.19. The van der Waals surface area contributed by atoms with Gasteiger partial charge in [-0.25, -0.2) is 0 Å². The molecule has 0 spiro atoms. The fourth-order valence-corrected chi connectivity index (χ4v) is 1.01. The maximum Gasteiger partial charge on any atom is 0.323 e. The Kier molecular flexibility index (Phi) is 5.88. The lowest BCUT2D eigenvalue weighted by atomic mass is 10.3. The van der Waals surface area contributed by atoms with Crippen LogP contribution in [-0.2, 0) is 9.59 Å². The third-order valence-electron chi connectivity index (χ3n) is 1.53. The van der Waals surface area contributed by atoms with E-state index < -0.39 is 5.97 Å². The van der Waals surface area contributed by atoms with Crippen LogP contribution in [0.3, 0.4) is 0 Å². The summed E-state index contributed by atoms with van der Waals surface area (Å²) in [6.07, 6.45) is 0.969. The van der Waals surface area contributed by atoms with Crippen molar-refractivity contribution >= 4 is 11.9 Å². The minimum atomic E-state index is -0.987. The summed E-state index contributed by atoms with van der Waals surface area (Å²) in [4.78, 5) is 22.9. The standard InChI is InChI=1S/C8H16N2O3/c1-2-5-10(6-8(12)13)7(11)3-4-9/h2-6,9H2,1H3,(H,12,13). The summed E-state index contributed by atoms with van der Waals surface area (Å²) in [7, 11) is 0. The minimum absolute atomic E-state index is 0.188. The molecule has 0 rings (SSSR count). The maximum atomic E-state index is 11.3. The number of aliphatic carboxylic acids is 1. The largest absolute Gasteiger partial charge is 0.480 e. The van der Waals surface area contributed by atoms with Crippen LogP contribution in [0.25, 0.3) is 0 Å². The van der Waals surface area contributed by atoms with Crippen LogP contribution in [-0.4, -0.2) is 41.5 Å². The molecule has 0 aromatic carbocycles. The Morgan fingerprint density at radius 3 is 2.46 bits per heavy atom. The quantitative estimate of drug-likeness (QED) is 0.597. The lowest BCUT2D eigenvalue weighted by Crippen LogP contribution is -2.37. The zero-order valence-electron chi connectivity index (χ0n) is 7.82. The molecule has 0 aliphatic heterocycles. The number of hydrogen-bond acceptors (Lipinski definition) is 3. The number of carboxylic acid groups (broad SMARTS) is 1. The third-order valence-corrected chi connectivity index (χ3v) is 1.53. The van der Waals surface area contributed by atoms with Crippen LogP contribution in [0, 0.1) is 0 Å². The van der Waals surface area contributed by atoms with Gasteiger partial charge in [0.25, 0.3) is 0 Å². The minimum Gasteiger partial charge on any atom is -0.480 e. The van der Waals surface area contributed by atoms with Gasteiger partial charge in [0.2, 0.25) is 5.91 Å². The van der Waals surface area contributed by atoms with Crippen LogP contribution in [0.4, 0.5) is 0 Å². The number of hydrogen-bond donors (Lipinski definition) is 2. The van der Waals surface area contributed by atoms with Gasteiger partial charge in [-0.2, -0.15) is 0 Å². The first-order valence-electron chi connectivity index (χ1n) is 4.31. The van der Waals surface area contributed by atoms with E-state index in [-0.39, 0.29) is 25.4 Å². The average Bonchev–Trinajstić information content (AvgIpc) is 2.03. The summed E-state index contributed by atoms with van der Waals surface area (Å²) >= 11 is 0. The second kappa shape index (κ2) is 6.42. The van der Waals surface area contributed by atoms with Gasteiger partial charge in [-0.1, -0.05) is 6.92 Å². The van der Waals surface area contributed by atoms with Gasteiger partial charge >= 0.3 is 5.97 Å². The SMILES string of the molecule is CCCN(CC(=O)O)C(=O)CCN. The van der Waals surface area contributed by atoms with Crippen molar-refractivity contribution < 1.29 is 14.7 Å². The highest BCUT2D eigenvalue weighted by Gasteiger charge is 2.14. The van der Waals surface area contributed by atoms with E-state index in [0.29, 0.717) is 6.54 Å². The van der Waals surface area contributed by atoms with E-state index >= 15 is 0 Å². The topological polar surface area (TPSA) is 83.6 Å². The Labute approximate surface area is 77.5 Å². The van der Waals surface area contributed by atoms with E-state index in [2.05, 4.69) is 0 Å². The second-order valence-electron chi connectivity index (χ2n) is 2.75. The molecule has 0 radical (unpaired) electrons. The first-order valence-corrected chi connectivity index (χ1v) is 4.31. The molecule has 0 atom stereocenters. The number of rotatable bonds is 6. The van der Waals surface area contributed by atoms with Crippen LogP contribution >= 0.6 is 0 Å². The highest BCUT2D eigenvalue weighted by molar-refractivity contribution is 5.81. The van der Waals surface area contributed by atoms with Crippen molar-refractivity contribution in [1.82, 2.24) is 4.90 Å². The highest BCUT2D eigenvalue weighted by atomic mass is 16.4. The van der Waals surface area contributed by atoms with Crippen LogP contribution in [0.15, 0.2) is 0 Å². The van der Waals surface area contributed by atoms with E-state index in [4.69, 9.17) is 10.8 Å². The van der Waals surface area contributed by atoms with Crippen LogP contribution in [0.5, 0.6) is 0 Å². The number of carbonyl (C=O) groups is 2. The molecule has 76 valence electrons. The first-order chi connectivity index (χ1) is 6.11. The van der Waals surface area contributed by atoms with Gasteiger partial charge in [0.15, 0.2) is 0 Å². The molecule has 0 bridgehead atoms. The predicted octanol–water partition coefficient (Wildman–Crippen LogP) is -0.342. The van der Waals surface area contributed by atoms with Gasteiger partial charge < -0.3 is 15.7 Å². The first kappa shape index (κ1) is 11.9. The maximum absolute atomic E-state index is 11.3. The monoisotopic (exact) mass is 188 g/mol. The number of carboxylic acids is 1. The molecule has 3 N–H and O–H groups in total. The summed E-state index contributed by atoms with van der Waals surface area (Å²) in [5, 5.41) is 8.50. The summed E-state index contributed by atoms with van der Waals surface area (Å²) in [5.74, 6) is -1.18. The van der Waals surface area contributed by atoms with Gasteiger partial charge in [-0.3, -0.25) is 9.59 Å². The molecule has 0 heterocycles. The number of nitrogens with two attached hydrogens (primary N) is 1. The molecular formula is C8H16N2O3. The van der Waals surface area contributed by atoms with Gasteiger partial charge in [0.1, 0.15) is 6.54 Å². The average molecular weight is 188 g/mol. The summed E-state index contributed by atoms with van der Waals surface area (Å²) in [5.41, 5.74) is 5.20. The molecule has 5 nitrogen and oxygen atoms in total. The fourth-order valence-electron chi connectivity index (χ4n) is 1.01. The fraction of sp³-hybridized carbons (Fsp3) is 0.750. The molecule has 0 aromatic heterocycles.